The number of fused-ring (bicyclic) bond motifs is 1. The lowest BCUT2D eigenvalue weighted by atomic mass is 10.1. The molecule has 0 spiro atoms. The molecule has 0 aliphatic heterocycles. The van der Waals surface area contributed by atoms with E-state index in [1.54, 1.807) is 13.1 Å². The van der Waals surface area contributed by atoms with Crippen molar-refractivity contribution in [2.24, 2.45) is 5.10 Å². The van der Waals surface area contributed by atoms with Gasteiger partial charge in [0.2, 0.25) is 0 Å². The molecule has 0 fully saturated rings. The number of carbonyl (C=O) groups excluding carboxylic acids is 1. The number of rotatable bonds is 10. The Hall–Kier alpha value is -4.03. The maximum Gasteiger partial charge on any atom is 0.280 e. The summed E-state index contributed by atoms with van der Waals surface area (Å²) in [5, 5.41) is 6.76. The first-order valence-electron chi connectivity index (χ1n) is 11.6. The number of halogens is 1. The van der Waals surface area contributed by atoms with Gasteiger partial charge in [0.05, 0.1) is 12.8 Å². The third kappa shape index (κ3) is 6.55. The molecule has 1 N–H and O–H groups in total. The van der Waals surface area contributed by atoms with E-state index in [0.29, 0.717) is 35.5 Å². The number of nitrogens with one attached hydrogen (secondary N) is 1. The third-order valence-electron chi connectivity index (χ3n) is 5.39. The molecule has 4 rings (SSSR count). The molecule has 6 nitrogen and oxygen atoms in total. The SMILES string of the molecule is CCOc1cc(/C=N/NC(=O)C(C)Oc2cccc3ccccc23)ccc1OCc1ccc(Cl)cc1. The average Bonchev–Trinajstić information content (AvgIpc) is 2.89. The van der Waals surface area contributed by atoms with Crippen molar-refractivity contribution >= 4 is 34.5 Å². The molecule has 0 saturated carbocycles. The fourth-order valence-electron chi connectivity index (χ4n) is 3.54. The van der Waals surface area contributed by atoms with Crippen LogP contribution < -0.4 is 19.6 Å². The average molecular weight is 503 g/mol. The van der Waals surface area contributed by atoms with Crippen molar-refractivity contribution in [3.05, 3.63) is 101 Å². The summed E-state index contributed by atoms with van der Waals surface area (Å²) in [6.45, 7) is 4.46. The Bertz CT molecular complexity index is 1350. The van der Waals surface area contributed by atoms with Gasteiger partial charge in [0.15, 0.2) is 17.6 Å². The van der Waals surface area contributed by atoms with Crippen molar-refractivity contribution < 1.29 is 19.0 Å². The summed E-state index contributed by atoms with van der Waals surface area (Å²) in [4.78, 5) is 12.5. The van der Waals surface area contributed by atoms with Crippen LogP contribution in [0.1, 0.15) is 25.0 Å². The van der Waals surface area contributed by atoms with Crippen LogP contribution in [0.15, 0.2) is 90.0 Å². The van der Waals surface area contributed by atoms with E-state index < -0.39 is 6.10 Å². The molecule has 184 valence electrons. The first kappa shape index (κ1) is 25.1. The number of carbonyl (C=O) groups is 1. The Labute approximate surface area is 215 Å². The minimum Gasteiger partial charge on any atom is -0.490 e. The number of nitrogens with zero attached hydrogens (tertiary/aromatic N) is 1. The van der Waals surface area contributed by atoms with Crippen LogP contribution >= 0.6 is 11.6 Å². The van der Waals surface area contributed by atoms with Crippen molar-refractivity contribution in [3.8, 4) is 17.2 Å². The standard InChI is InChI=1S/C29H27ClN2O4/c1-3-34-28-17-22(13-16-27(28)35-19-21-11-14-24(30)15-12-21)18-31-32-29(33)20(2)36-26-10-6-8-23-7-4-5-9-25(23)26/h4-18,20H,3,19H2,1-2H3,(H,32,33)/b31-18+. The molecule has 0 heterocycles. The van der Waals surface area contributed by atoms with Crippen molar-refractivity contribution in [2.45, 2.75) is 26.6 Å². The van der Waals surface area contributed by atoms with Crippen molar-refractivity contribution in [3.63, 3.8) is 0 Å². The lowest BCUT2D eigenvalue weighted by Crippen LogP contribution is -2.33. The minimum absolute atomic E-state index is 0.355. The third-order valence-corrected chi connectivity index (χ3v) is 5.64. The van der Waals surface area contributed by atoms with Crippen LogP contribution in [0.5, 0.6) is 17.2 Å². The summed E-state index contributed by atoms with van der Waals surface area (Å²) >= 11 is 5.94. The molecular formula is C29H27ClN2O4. The van der Waals surface area contributed by atoms with E-state index >= 15 is 0 Å². The molecule has 1 amide bonds. The van der Waals surface area contributed by atoms with Gasteiger partial charge in [-0.15, -0.1) is 0 Å². The summed E-state index contributed by atoms with van der Waals surface area (Å²) in [7, 11) is 0. The second-order valence-corrected chi connectivity index (χ2v) is 8.46. The molecule has 0 bridgehead atoms. The Morgan fingerprint density at radius 1 is 0.944 bits per heavy atom. The highest BCUT2D eigenvalue weighted by molar-refractivity contribution is 6.30. The number of hydrazone groups is 1. The van der Waals surface area contributed by atoms with Gasteiger partial charge in [0.1, 0.15) is 12.4 Å². The highest BCUT2D eigenvalue weighted by atomic mass is 35.5. The minimum atomic E-state index is -0.726. The van der Waals surface area contributed by atoms with E-state index in [9.17, 15) is 4.79 Å². The fourth-order valence-corrected chi connectivity index (χ4v) is 3.66. The van der Waals surface area contributed by atoms with Crippen LogP contribution in [0.3, 0.4) is 0 Å². The van der Waals surface area contributed by atoms with E-state index in [4.69, 9.17) is 25.8 Å². The van der Waals surface area contributed by atoms with Crippen molar-refractivity contribution in [2.75, 3.05) is 6.61 Å². The summed E-state index contributed by atoms with van der Waals surface area (Å²) in [6.07, 6.45) is 0.823. The monoisotopic (exact) mass is 502 g/mol. The van der Waals surface area contributed by atoms with E-state index in [2.05, 4.69) is 10.5 Å². The Balaban J connectivity index is 1.36. The summed E-state index contributed by atoms with van der Waals surface area (Å²) in [6, 6.07) is 26.6. The van der Waals surface area contributed by atoms with Gasteiger partial charge in [-0.1, -0.05) is 60.1 Å². The number of hydrogen-bond donors (Lipinski definition) is 1. The zero-order valence-corrected chi connectivity index (χ0v) is 20.9. The van der Waals surface area contributed by atoms with E-state index in [0.717, 1.165) is 21.9 Å². The largest absolute Gasteiger partial charge is 0.490 e. The quantitative estimate of drug-likeness (QED) is 0.201. The van der Waals surface area contributed by atoms with Crippen LogP contribution in [0.4, 0.5) is 0 Å². The highest BCUT2D eigenvalue weighted by Gasteiger charge is 2.15. The fraction of sp³-hybridized carbons (Fsp3) is 0.172. The Morgan fingerprint density at radius 3 is 2.53 bits per heavy atom. The van der Waals surface area contributed by atoms with Gasteiger partial charge in [-0.25, -0.2) is 5.43 Å². The zero-order valence-electron chi connectivity index (χ0n) is 20.1. The normalized spacial score (nSPS) is 11.9. The number of hydrogen-bond acceptors (Lipinski definition) is 5. The van der Waals surface area contributed by atoms with Crippen LogP contribution in [0.2, 0.25) is 5.02 Å². The van der Waals surface area contributed by atoms with Gasteiger partial charge in [-0.05, 0) is 66.8 Å². The lowest BCUT2D eigenvalue weighted by molar-refractivity contribution is -0.127. The maximum absolute atomic E-state index is 12.5. The smallest absolute Gasteiger partial charge is 0.280 e. The first-order valence-corrected chi connectivity index (χ1v) is 12.0. The van der Waals surface area contributed by atoms with E-state index in [-0.39, 0.29) is 5.91 Å². The summed E-state index contributed by atoms with van der Waals surface area (Å²) < 4.78 is 17.6. The number of benzene rings is 4. The molecule has 1 atom stereocenters. The molecule has 0 aliphatic rings. The molecular weight excluding hydrogens is 476 g/mol. The van der Waals surface area contributed by atoms with Crippen LogP contribution in [0, 0.1) is 0 Å². The van der Waals surface area contributed by atoms with Crippen LogP contribution in [-0.4, -0.2) is 24.8 Å². The van der Waals surface area contributed by atoms with Crippen molar-refractivity contribution in [1.82, 2.24) is 5.43 Å². The second kappa shape index (κ2) is 12.1. The molecule has 0 saturated heterocycles. The lowest BCUT2D eigenvalue weighted by Gasteiger charge is -2.15. The molecule has 1 unspecified atom stereocenters. The zero-order chi connectivity index (χ0) is 25.3. The topological polar surface area (TPSA) is 69.2 Å². The molecule has 36 heavy (non-hydrogen) atoms. The van der Waals surface area contributed by atoms with Crippen LogP contribution in [0.25, 0.3) is 10.8 Å². The second-order valence-electron chi connectivity index (χ2n) is 8.03. The predicted octanol–water partition coefficient (Wildman–Crippen LogP) is 6.39. The van der Waals surface area contributed by atoms with Gasteiger partial charge in [0, 0.05) is 10.4 Å². The Kier molecular flexibility index (Phi) is 8.42. The van der Waals surface area contributed by atoms with Crippen LogP contribution in [-0.2, 0) is 11.4 Å². The van der Waals surface area contributed by atoms with Gasteiger partial charge < -0.3 is 14.2 Å². The summed E-state index contributed by atoms with van der Waals surface area (Å²) in [5.41, 5.74) is 4.28. The molecule has 4 aromatic carbocycles. The van der Waals surface area contributed by atoms with Gasteiger partial charge in [-0.3, -0.25) is 4.79 Å². The Morgan fingerprint density at radius 2 is 1.72 bits per heavy atom. The molecule has 0 aliphatic carbocycles. The van der Waals surface area contributed by atoms with E-state index in [1.165, 1.54) is 0 Å². The van der Waals surface area contributed by atoms with Gasteiger partial charge in [-0.2, -0.15) is 5.10 Å². The van der Waals surface area contributed by atoms with Gasteiger partial charge in [0.25, 0.3) is 5.91 Å². The molecule has 0 radical (unpaired) electrons. The maximum atomic E-state index is 12.5. The predicted molar refractivity (Wildman–Crippen MR) is 143 cm³/mol. The van der Waals surface area contributed by atoms with Crippen molar-refractivity contribution in [1.29, 1.82) is 0 Å². The number of amides is 1. The molecule has 0 aromatic heterocycles. The molecule has 7 heteroatoms. The number of ether oxygens (including phenoxy) is 3. The highest BCUT2D eigenvalue weighted by Crippen LogP contribution is 2.29. The first-order chi connectivity index (χ1) is 17.5. The molecule has 4 aromatic rings. The summed E-state index contributed by atoms with van der Waals surface area (Å²) in [5.74, 6) is 1.50. The van der Waals surface area contributed by atoms with Gasteiger partial charge >= 0.3 is 0 Å². The van der Waals surface area contributed by atoms with E-state index in [1.807, 2.05) is 91.9 Å².